The predicted molar refractivity (Wildman–Crippen MR) is 56.7 cm³/mol. The Hall–Kier alpha value is -0.820. The highest BCUT2D eigenvalue weighted by Crippen LogP contribution is 2.05. The van der Waals surface area contributed by atoms with Crippen molar-refractivity contribution < 1.29 is 0 Å². The predicted octanol–water partition coefficient (Wildman–Crippen LogP) is 3.68. The fraction of sp³-hybridized carbons (Fsp3) is 0.300. The van der Waals surface area contributed by atoms with E-state index in [2.05, 4.69) is 11.6 Å². The molecule has 66 valence electrons. The molecule has 0 heterocycles. The topological polar surface area (TPSA) is 12.4 Å². The molecule has 0 fully saturated rings. The molecular formula is C10H14ClN. The summed E-state index contributed by atoms with van der Waals surface area (Å²) in [5, 5.41) is 0.765. The van der Waals surface area contributed by atoms with Gasteiger partial charge in [0, 0.05) is 16.9 Å². The van der Waals surface area contributed by atoms with Crippen molar-refractivity contribution in [3.05, 3.63) is 36.0 Å². The molecule has 0 rings (SSSR count). The Labute approximate surface area is 79.2 Å². The van der Waals surface area contributed by atoms with Gasteiger partial charge in [-0.05, 0) is 19.4 Å². The number of allylic oxidation sites excluding steroid dienone is 4. The molecule has 0 spiro atoms. The van der Waals surface area contributed by atoms with Gasteiger partial charge in [0.05, 0.1) is 0 Å². The van der Waals surface area contributed by atoms with Crippen LogP contribution in [-0.2, 0) is 0 Å². The summed E-state index contributed by atoms with van der Waals surface area (Å²) >= 11 is 5.75. The van der Waals surface area contributed by atoms with Crippen molar-refractivity contribution in [2.24, 2.45) is 4.99 Å². The van der Waals surface area contributed by atoms with E-state index >= 15 is 0 Å². The lowest BCUT2D eigenvalue weighted by atomic mass is 10.3. The Morgan fingerprint density at radius 3 is 2.75 bits per heavy atom. The summed E-state index contributed by atoms with van der Waals surface area (Å²) < 4.78 is 0. The first-order valence-electron chi connectivity index (χ1n) is 3.88. The lowest BCUT2D eigenvalue weighted by molar-refractivity contribution is 1.18. The van der Waals surface area contributed by atoms with Crippen LogP contribution in [0, 0.1) is 0 Å². The zero-order chi connectivity index (χ0) is 9.40. The molecule has 0 amide bonds. The van der Waals surface area contributed by atoms with Crippen LogP contribution in [0.1, 0.15) is 20.3 Å². The van der Waals surface area contributed by atoms with Crippen LogP contribution in [-0.4, -0.2) is 5.71 Å². The summed E-state index contributed by atoms with van der Waals surface area (Å²) in [5.41, 5.74) is 0.918. The van der Waals surface area contributed by atoms with Crippen molar-refractivity contribution in [2.45, 2.75) is 20.3 Å². The third kappa shape index (κ3) is 5.93. The molecule has 1 nitrogen and oxygen atoms in total. The molecule has 0 unspecified atom stereocenters. The van der Waals surface area contributed by atoms with E-state index in [4.69, 9.17) is 11.6 Å². The van der Waals surface area contributed by atoms with Crippen LogP contribution in [0.4, 0.5) is 0 Å². The minimum atomic E-state index is 0.765. The second-order valence-electron chi connectivity index (χ2n) is 2.29. The third-order valence-electron chi connectivity index (χ3n) is 1.22. The van der Waals surface area contributed by atoms with Crippen LogP contribution < -0.4 is 0 Å². The molecule has 0 aliphatic rings. The number of hydrogen-bond acceptors (Lipinski definition) is 1. The van der Waals surface area contributed by atoms with Gasteiger partial charge < -0.3 is 0 Å². The van der Waals surface area contributed by atoms with Gasteiger partial charge in [0.15, 0.2) is 0 Å². The SMILES string of the molecule is C=C/C=C/C(C)=N\C=C(\Cl)CC. The normalized spacial score (nSPS) is 13.9. The molecular weight excluding hydrogens is 170 g/mol. The molecule has 0 saturated carbocycles. The van der Waals surface area contributed by atoms with E-state index in [0.717, 1.165) is 17.2 Å². The van der Waals surface area contributed by atoms with E-state index < -0.39 is 0 Å². The summed E-state index contributed by atoms with van der Waals surface area (Å²) in [7, 11) is 0. The molecule has 0 saturated heterocycles. The van der Waals surface area contributed by atoms with Crippen molar-refractivity contribution in [3.63, 3.8) is 0 Å². The highest BCUT2D eigenvalue weighted by molar-refractivity contribution is 6.29. The van der Waals surface area contributed by atoms with Crippen molar-refractivity contribution in [1.29, 1.82) is 0 Å². The van der Waals surface area contributed by atoms with Crippen LogP contribution in [0.5, 0.6) is 0 Å². The third-order valence-corrected chi connectivity index (χ3v) is 1.58. The smallest absolute Gasteiger partial charge is 0.0416 e. The maximum absolute atomic E-state index is 5.75. The second-order valence-corrected chi connectivity index (χ2v) is 2.78. The number of aliphatic imine (C=N–C) groups is 1. The molecule has 12 heavy (non-hydrogen) atoms. The Kier molecular flexibility index (Phi) is 6.39. The first-order chi connectivity index (χ1) is 5.70. The van der Waals surface area contributed by atoms with Gasteiger partial charge in [-0.3, -0.25) is 4.99 Å². The van der Waals surface area contributed by atoms with Gasteiger partial charge >= 0.3 is 0 Å². The molecule has 0 atom stereocenters. The Morgan fingerprint density at radius 1 is 1.58 bits per heavy atom. The molecule has 0 N–H and O–H groups in total. The maximum atomic E-state index is 5.75. The van der Waals surface area contributed by atoms with E-state index in [0.29, 0.717) is 0 Å². The summed E-state index contributed by atoms with van der Waals surface area (Å²) in [5.74, 6) is 0. The van der Waals surface area contributed by atoms with Crippen molar-refractivity contribution in [1.82, 2.24) is 0 Å². The first kappa shape index (κ1) is 11.2. The fourth-order valence-electron chi connectivity index (χ4n) is 0.513. The van der Waals surface area contributed by atoms with Crippen LogP contribution in [0.3, 0.4) is 0 Å². The van der Waals surface area contributed by atoms with Crippen LogP contribution in [0.2, 0.25) is 0 Å². The lowest BCUT2D eigenvalue weighted by Gasteiger charge is -1.89. The molecule has 0 radical (unpaired) electrons. The largest absolute Gasteiger partial charge is 0.260 e. The van der Waals surface area contributed by atoms with E-state index in [9.17, 15) is 0 Å². The Balaban J connectivity index is 4.17. The lowest BCUT2D eigenvalue weighted by Crippen LogP contribution is -1.81. The van der Waals surface area contributed by atoms with Crippen LogP contribution in [0.15, 0.2) is 41.0 Å². The monoisotopic (exact) mass is 183 g/mol. The summed E-state index contributed by atoms with van der Waals surface area (Å²) in [6.45, 7) is 7.46. The van der Waals surface area contributed by atoms with Gasteiger partial charge in [-0.1, -0.05) is 37.3 Å². The number of rotatable bonds is 4. The summed E-state index contributed by atoms with van der Waals surface area (Å²) in [4.78, 5) is 4.12. The molecule has 0 aromatic heterocycles. The van der Waals surface area contributed by atoms with Crippen molar-refractivity contribution in [3.8, 4) is 0 Å². The zero-order valence-corrected chi connectivity index (χ0v) is 8.30. The minimum Gasteiger partial charge on any atom is -0.260 e. The first-order valence-corrected chi connectivity index (χ1v) is 4.26. The average molecular weight is 184 g/mol. The van der Waals surface area contributed by atoms with E-state index in [1.54, 1.807) is 12.3 Å². The van der Waals surface area contributed by atoms with Gasteiger partial charge in [-0.2, -0.15) is 0 Å². The van der Waals surface area contributed by atoms with E-state index in [1.165, 1.54) is 0 Å². The quantitative estimate of drug-likeness (QED) is 0.466. The fourth-order valence-corrected chi connectivity index (χ4v) is 0.562. The number of nitrogens with zero attached hydrogens (tertiary/aromatic N) is 1. The Morgan fingerprint density at radius 2 is 2.25 bits per heavy atom. The number of halogens is 1. The summed E-state index contributed by atoms with van der Waals surface area (Å²) in [6, 6.07) is 0. The highest BCUT2D eigenvalue weighted by Gasteiger charge is 1.84. The van der Waals surface area contributed by atoms with Gasteiger partial charge in [0.1, 0.15) is 0 Å². The van der Waals surface area contributed by atoms with Gasteiger partial charge in [0.2, 0.25) is 0 Å². The molecule has 0 aliphatic carbocycles. The van der Waals surface area contributed by atoms with Crippen molar-refractivity contribution >= 4 is 17.3 Å². The molecule has 0 bridgehead atoms. The molecule has 2 heteroatoms. The second kappa shape index (κ2) is 6.86. The van der Waals surface area contributed by atoms with E-state index in [-0.39, 0.29) is 0 Å². The Bertz CT molecular complexity index is 224. The summed E-state index contributed by atoms with van der Waals surface area (Å²) in [6.07, 6.45) is 7.92. The van der Waals surface area contributed by atoms with Gasteiger partial charge in [-0.15, -0.1) is 0 Å². The maximum Gasteiger partial charge on any atom is 0.0416 e. The molecule has 0 aromatic carbocycles. The number of hydrogen-bond donors (Lipinski definition) is 0. The van der Waals surface area contributed by atoms with Crippen LogP contribution in [0.25, 0.3) is 0 Å². The van der Waals surface area contributed by atoms with Crippen LogP contribution >= 0.6 is 11.6 Å². The zero-order valence-electron chi connectivity index (χ0n) is 7.55. The van der Waals surface area contributed by atoms with Gasteiger partial charge in [0.25, 0.3) is 0 Å². The highest BCUT2D eigenvalue weighted by atomic mass is 35.5. The molecule has 0 aromatic rings. The molecule has 0 aliphatic heterocycles. The van der Waals surface area contributed by atoms with E-state index in [1.807, 2.05) is 26.0 Å². The minimum absolute atomic E-state index is 0.765. The standard InChI is InChI=1S/C10H14ClN/c1-4-6-7-9(3)12-8-10(11)5-2/h4,6-8H,1,5H2,2-3H3/b7-6+,10-8+,12-9-. The average Bonchev–Trinajstić information content (AvgIpc) is 2.10. The van der Waals surface area contributed by atoms with Gasteiger partial charge in [-0.25, -0.2) is 0 Å². The van der Waals surface area contributed by atoms with Crippen molar-refractivity contribution in [2.75, 3.05) is 0 Å².